The third kappa shape index (κ3) is 2.02. The smallest absolute Gasteiger partial charge is 0.0177 e. The fourth-order valence-corrected chi connectivity index (χ4v) is 1.69. The summed E-state index contributed by atoms with van der Waals surface area (Å²) in [5.74, 6) is 0.758. The molecule has 0 aromatic rings. The maximum Gasteiger partial charge on any atom is 0.0177 e. The van der Waals surface area contributed by atoms with E-state index in [4.69, 9.17) is 0 Å². The molecular weight excluding hydrogens is 146 g/mol. The van der Waals surface area contributed by atoms with E-state index >= 15 is 0 Å². The van der Waals surface area contributed by atoms with Gasteiger partial charge in [0.25, 0.3) is 0 Å². The first-order chi connectivity index (χ1) is 5.41. The lowest BCUT2D eigenvalue weighted by atomic mass is 9.77. The second kappa shape index (κ2) is 3.12. The highest BCUT2D eigenvalue weighted by Gasteiger charge is 2.25. The molecule has 0 amide bonds. The number of nitrogens with zero attached hydrogens (tertiary/aromatic N) is 1. The molecule has 1 heterocycles. The topological polar surface area (TPSA) is 3.24 Å². The van der Waals surface area contributed by atoms with Crippen LogP contribution in [0.2, 0.25) is 0 Å². The van der Waals surface area contributed by atoms with Crippen LogP contribution >= 0.6 is 0 Å². The maximum absolute atomic E-state index is 2.42. The van der Waals surface area contributed by atoms with Crippen LogP contribution in [0.4, 0.5) is 0 Å². The van der Waals surface area contributed by atoms with Crippen molar-refractivity contribution in [2.75, 3.05) is 13.6 Å². The van der Waals surface area contributed by atoms with E-state index in [-0.39, 0.29) is 0 Å². The summed E-state index contributed by atoms with van der Waals surface area (Å²) in [5.41, 5.74) is 1.86. The first-order valence-electron chi connectivity index (χ1n) is 4.81. The van der Waals surface area contributed by atoms with Gasteiger partial charge in [-0.15, -0.1) is 0 Å². The van der Waals surface area contributed by atoms with Gasteiger partial charge in [0.2, 0.25) is 0 Å². The molecule has 0 aromatic heterocycles. The molecule has 70 valence electrons. The molecule has 0 saturated heterocycles. The predicted molar refractivity (Wildman–Crippen MR) is 53.9 cm³/mol. The van der Waals surface area contributed by atoms with Crippen molar-refractivity contribution in [1.29, 1.82) is 0 Å². The van der Waals surface area contributed by atoms with Crippen molar-refractivity contribution in [1.82, 2.24) is 4.90 Å². The van der Waals surface area contributed by atoms with Crippen LogP contribution in [0, 0.1) is 11.3 Å². The molecule has 1 aliphatic heterocycles. The van der Waals surface area contributed by atoms with E-state index in [9.17, 15) is 0 Å². The summed E-state index contributed by atoms with van der Waals surface area (Å²) in [5, 5.41) is 0. The summed E-state index contributed by atoms with van der Waals surface area (Å²) in [4.78, 5) is 2.34. The van der Waals surface area contributed by atoms with E-state index in [1.54, 1.807) is 0 Å². The molecule has 0 fully saturated rings. The minimum absolute atomic E-state index is 0.433. The van der Waals surface area contributed by atoms with E-state index in [1.807, 2.05) is 0 Å². The van der Waals surface area contributed by atoms with E-state index in [0.29, 0.717) is 5.41 Å². The zero-order chi connectivity index (χ0) is 9.35. The quantitative estimate of drug-likeness (QED) is 0.536. The van der Waals surface area contributed by atoms with Crippen LogP contribution in [0.25, 0.3) is 0 Å². The fraction of sp³-hybridized carbons (Fsp3) is 0.818. The minimum atomic E-state index is 0.433. The number of hydrogen-bond donors (Lipinski definition) is 0. The van der Waals surface area contributed by atoms with Crippen molar-refractivity contribution in [2.24, 2.45) is 11.3 Å². The van der Waals surface area contributed by atoms with Crippen molar-refractivity contribution in [3.05, 3.63) is 11.8 Å². The van der Waals surface area contributed by atoms with E-state index in [2.05, 4.69) is 45.7 Å². The molecular formula is C11H21N. The van der Waals surface area contributed by atoms with Crippen LogP contribution in [0.15, 0.2) is 11.8 Å². The second-order valence-corrected chi connectivity index (χ2v) is 4.99. The summed E-state index contributed by atoms with van der Waals surface area (Å²) < 4.78 is 0. The van der Waals surface area contributed by atoms with E-state index < -0.39 is 0 Å². The zero-order valence-electron chi connectivity index (χ0n) is 9.02. The first-order valence-corrected chi connectivity index (χ1v) is 4.81. The van der Waals surface area contributed by atoms with Crippen LogP contribution in [0.1, 0.15) is 34.1 Å². The molecule has 0 spiro atoms. The Hall–Kier alpha value is -0.460. The van der Waals surface area contributed by atoms with Crippen LogP contribution in [0.3, 0.4) is 0 Å². The third-order valence-corrected chi connectivity index (χ3v) is 2.93. The predicted octanol–water partition coefficient (Wildman–Crippen LogP) is 2.89. The summed E-state index contributed by atoms with van der Waals surface area (Å²) in [6, 6.07) is 0. The number of allylic oxidation sites excluding steroid dienone is 2. The van der Waals surface area contributed by atoms with Gasteiger partial charge in [-0.3, -0.25) is 0 Å². The van der Waals surface area contributed by atoms with Gasteiger partial charge >= 0.3 is 0 Å². The Labute approximate surface area is 76.5 Å². The normalized spacial score (nSPS) is 25.6. The fourth-order valence-electron chi connectivity index (χ4n) is 1.69. The maximum atomic E-state index is 2.42. The Morgan fingerprint density at radius 3 is 2.42 bits per heavy atom. The van der Waals surface area contributed by atoms with Gasteiger partial charge in [-0.1, -0.05) is 26.8 Å². The average Bonchev–Trinajstić information content (AvgIpc) is 1.92. The monoisotopic (exact) mass is 167 g/mol. The molecule has 1 unspecified atom stereocenters. The molecule has 0 radical (unpaired) electrons. The summed E-state index contributed by atoms with van der Waals surface area (Å²) in [6.07, 6.45) is 3.72. The van der Waals surface area contributed by atoms with Crippen molar-refractivity contribution < 1.29 is 0 Å². The number of hydrogen-bond acceptors (Lipinski definition) is 1. The summed E-state index contributed by atoms with van der Waals surface area (Å²) in [7, 11) is 2.17. The molecule has 1 atom stereocenters. The first kappa shape index (κ1) is 9.63. The molecule has 0 saturated carbocycles. The van der Waals surface area contributed by atoms with Gasteiger partial charge in [-0.2, -0.15) is 0 Å². The lowest BCUT2D eigenvalue weighted by molar-refractivity contribution is 0.227. The summed E-state index contributed by atoms with van der Waals surface area (Å²) >= 11 is 0. The van der Waals surface area contributed by atoms with Crippen LogP contribution in [-0.4, -0.2) is 18.5 Å². The molecule has 0 aromatic carbocycles. The van der Waals surface area contributed by atoms with Crippen LogP contribution in [-0.2, 0) is 0 Å². The Kier molecular flexibility index (Phi) is 2.50. The molecule has 1 heteroatoms. The Balaban J connectivity index is 2.73. The van der Waals surface area contributed by atoms with Gasteiger partial charge in [0.05, 0.1) is 0 Å². The Morgan fingerprint density at radius 2 is 2.00 bits per heavy atom. The average molecular weight is 167 g/mol. The van der Waals surface area contributed by atoms with Crippen molar-refractivity contribution >= 4 is 0 Å². The number of rotatable bonds is 0. The third-order valence-electron chi connectivity index (χ3n) is 2.93. The van der Waals surface area contributed by atoms with Gasteiger partial charge in [0.1, 0.15) is 0 Å². The lowest BCUT2D eigenvalue weighted by Crippen LogP contribution is -2.30. The van der Waals surface area contributed by atoms with Gasteiger partial charge in [-0.05, 0) is 24.7 Å². The molecule has 0 N–H and O–H groups in total. The highest BCUT2D eigenvalue weighted by atomic mass is 15.1. The molecule has 1 aliphatic rings. The van der Waals surface area contributed by atoms with Gasteiger partial charge in [0.15, 0.2) is 0 Å². The second-order valence-electron chi connectivity index (χ2n) is 4.99. The Morgan fingerprint density at radius 1 is 1.42 bits per heavy atom. The largest absolute Gasteiger partial charge is 0.378 e. The summed E-state index contributed by atoms with van der Waals surface area (Å²) in [6.45, 7) is 10.4. The van der Waals surface area contributed by atoms with Gasteiger partial charge < -0.3 is 4.90 Å². The highest BCUT2D eigenvalue weighted by molar-refractivity contribution is 5.06. The van der Waals surface area contributed by atoms with Gasteiger partial charge in [-0.25, -0.2) is 0 Å². The molecule has 0 bridgehead atoms. The Bertz CT molecular complexity index is 186. The highest BCUT2D eigenvalue weighted by Crippen LogP contribution is 2.33. The van der Waals surface area contributed by atoms with Crippen LogP contribution < -0.4 is 0 Å². The van der Waals surface area contributed by atoms with Crippen LogP contribution in [0.5, 0.6) is 0 Å². The van der Waals surface area contributed by atoms with Crippen molar-refractivity contribution in [3.63, 3.8) is 0 Å². The van der Waals surface area contributed by atoms with E-state index in [1.165, 1.54) is 18.7 Å². The van der Waals surface area contributed by atoms with E-state index in [0.717, 1.165) is 5.92 Å². The molecule has 1 rings (SSSR count). The lowest BCUT2D eigenvalue weighted by Gasteiger charge is -2.36. The minimum Gasteiger partial charge on any atom is -0.378 e. The molecule has 0 aliphatic carbocycles. The molecule has 12 heavy (non-hydrogen) atoms. The van der Waals surface area contributed by atoms with Crippen molar-refractivity contribution in [2.45, 2.75) is 34.1 Å². The molecule has 1 nitrogen and oxygen atoms in total. The van der Waals surface area contributed by atoms with Crippen molar-refractivity contribution in [3.8, 4) is 0 Å². The SMILES string of the molecule is CC1=CC(C(C)(C)C)CCN1C. The van der Waals surface area contributed by atoms with Gasteiger partial charge in [0, 0.05) is 19.3 Å². The zero-order valence-corrected chi connectivity index (χ0v) is 9.02. The standard InChI is InChI=1S/C11H21N/c1-9-8-10(11(2,3)4)6-7-12(9)5/h8,10H,6-7H2,1-5H3.